The Labute approximate surface area is 89.2 Å². The van der Waals surface area contributed by atoms with Gasteiger partial charge in [-0.2, -0.15) is 5.26 Å². The van der Waals surface area contributed by atoms with E-state index in [4.69, 9.17) is 5.26 Å². The maximum absolute atomic E-state index is 11.5. The second kappa shape index (κ2) is 4.97. The van der Waals surface area contributed by atoms with E-state index >= 15 is 0 Å². The first kappa shape index (κ1) is 11.0. The van der Waals surface area contributed by atoms with Crippen molar-refractivity contribution < 1.29 is 4.79 Å². The van der Waals surface area contributed by atoms with Crippen LogP contribution in [0.25, 0.3) is 0 Å². The van der Waals surface area contributed by atoms with Gasteiger partial charge in [-0.1, -0.05) is 6.08 Å². The lowest BCUT2D eigenvalue weighted by Crippen LogP contribution is -2.23. The van der Waals surface area contributed by atoms with Crippen LogP contribution in [-0.2, 0) is 4.79 Å². The van der Waals surface area contributed by atoms with Gasteiger partial charge in [0.2, 0.25) is 5.91 Å². The second-order valence-corrected chi connectivity index (χ2v) is 3.06. The number of carbonyl (C=O) groups is 1. The molecule has 0 saturated heterocycles. The van der Waals surface area contributed by atoms with Crippen molar-refractivity contribution in [1.82, 2.24) is 0 Å². The highest BCUT2D eigenvalue weighted by molar-refractivity contribution is 6.00. The van der Waals surface area contributed by atoms with Gasteiger partial charge in [0.25, 0.3) is 0 Å². The minimum Gasteiger partial charge on any atom is -0.312 e. The third-order valence-corrected chi connectivity index (χ3v) is 2.02. The fourth-order valence-electron chi connectivity index (χ4n) is 1.14. The SMILES string of the molecule is C/C=C/C(=O)N(C)c1ccc(C#N)cc1. The lowest BCUT2D eigenvalue weighted by Gasteiger charge is -2.14. The zero-order chi connectivity index (χ0) is 11.3. The van der Waals surface area contributed by atoms with Gasteiger partial charge in [0.1, 0.15) is 0 Å². The Kier molecular flexibility index (Phi) is 3.64. The van der Waals surface area contributed by atoms with Crippen molar-refractivity contribution in [2.24, 2.45) is 0 Å². The molecule has 0 aliphatic heterocycles. The Morgan fingerprint density at radius 3 is 2.47 bits per heavy atom. The third-order valence-electron chi connectivity index (χ3n) is 2.02. The Morgan fingerprint density at radius 2 is 2.00 bits per heavy atom. The van der Waals surface area contributed by atoms with E-state index in [0.29, 0.717) is 5.56 Å². The Balaban J connectivity index is 2.88. The van der Waals surface area contributed by atoms with E-state index in [1.165, 1.54) is 11.0 Å². The quantitative estimate of drug-likeness (QED) is 0.686. The van der Waals surface area contributed by atoms with Crippen molar-refractivity contribution in [2.75, 3.05) is 11.9 Å². The molecule has 0 radical (unpaired) electrons. The molecular weight excluding hydrogens is 188 g/mol. The fourth-order valence-corrected chi connectivity index (χ4v) is 1.14. The maximum Gasteiger partial charge on any atom is 0.250 e. The molecule has 1 aromatic carbocycles. The van der Waals surface area contributed by atoms with Crippen LogP contribution in [0.1, 0.15) is 12.5 Å². The zero-order valence-corrected chi connectivity index (χ0v) is 8.77. The molecule has 1 rings (SSSR count). The van der Waals surface area contributed by atoms with Crippen LogP contribution in [0.2, 0.25) is 0 Å². The summed E-state index contributed by atoms with van der Waals surface area (Å²) in [7, 11) is 1.70. The number of anilines is 1. The highest BCUT2D eigenvalue weighted by Gasteiger charge is 2.06. The number of nitriles is 1. The molecule has 0 N–H and O–H groups in total. The third kappa shape index (κ3) is 2.68. The molecule has 0 unspecified atom stereocenters. The molecule has 0 spiro atoms. The summed E-state index contributed by atoms with van der Waals surface area (Å²) in [6.45, 7) is 1.80. The summed E-state index contributed by atoms with van der Waals surface area (Å²) in [6.07, 6.45) is 3.20. The van der Waals surface area contributed by atoms with Crippen LogP contribution in [0.15, 0.2) is 36.4 Å². The van der Waals surface area contributed by atoms with E-state index in [0.717, 1.165) is 5.69 Å². The molecule has 76 valence electrons. The van der Waals surface area contributed by atoms with Crippen molar-refractivity contribution in [3.8, 4) is 6.07 Å². The number of nitrogens with zero attached hydrogens (tertiary/aromatic N) is 2. The predicted molar refractivity (Wildman–Crippen MR) is 59.4 cm³/mol. The highest BCUT2D eigenvalue weighted by atomic mass is 16.2. The lowest BCUT2D eigenvalue weighted by atomic mass is 10.2. The molecule has 0 atom stereocenters. The van der Waals surface area contributed by atoms with Crippen molar-refractivity contribution in [3.05, 3.63) is 42.0 Å². The normalized spacial score (nSPS) is 9.93. The van der Waals surface area contributed by atoms with Crippen LogP contribution in [-0.4, -0.2) is 13.0 Å². The molecule has 0 heterocycles. The molecule has 0 saturated carbocycles. The zero-order valence-electron chi connectivity index (χ0n) is 8.77. The molecule has 15 heavy (non-hydrogen) atoms. The largest absolute Gasteiger partial charge is 0.312 e. The number of rotatable bonds is 2. The van der Waals surface area contributed by atoms with Crippen molar-refractivity contribution >= 4 is 11.6 Å². The molecule has 0 fully saturated rings. The second-order valence-electron chi connectivity index (χ2n) is 3.06. The molecule has 3 nitrogen and oxygen atoms in total. The Bertz CT molecular complexity index is 412. The monoisotopic (exact) mass is 200 g/mol. The van der Waals surface area contributed by atoms with E-state index in [9.17, 15) is 4.79 Å². The van der Waals surface area contributed by atoms with Crippen LogP contribution < -0.4 is 4.90 Å². The van der Waals surface area contributed by atoms with Gasteiger partial charge in [-0.15, -0.1) is 0 Å². The van der Waals surface area contributed by atoms with E-state index in [1.807, 2.05) is 6.07 Å². The van der Waals surface area contributed by atoms with Gasteiger partial charge in [0.05, 0.1) is 11.6 Å². The van der Waals surface area contributed by atoms with Gasteiger partial charge in [-0.3, -0.25) is 4.79 Å². The minimum absolute atomic E-state index is 0.0813. The van der Waals surface area contributed by atoms with Gasteiger partial charge in [0, 0.05) is 12.7 Å². The number of carbonyl (C=O) groups excluding carboxylic acids is 1. The van der Waals surface area contributed by atoms with E-state index in [1.54, 1.807) is 44.3 Å². The molecule has 0 aromatic heterocycles. The molecule has 1 aromatic rings. The number of benzene rings is 1. The van der Waals surface area contributed by atoms with Gasteiger partial charge < -0.3 is 4.90 Å². The molecule has 3 heteroatoms. The van der Waals surface area contributed by atoms with Gasteiger partial charge in [0.15, 0.2) is 0 Å². The van der Waals surface area contributed by atoms with Gasteiger partial charge >= 0.3 is 0 Å². The molecular formula is C12H12N2O. The summed E-state index contributed by atoms with van der Waals surface area (Å²) in [6, 6.07) is 8.91. The number of allylic oxidation sites excluding steroid dienone is 1. The molecule has 1 amide bonds. The van der Waals surface area contributed by atoms with Crippen molar-refractivity contribution in [1.29, 1.82) is 5.26 Å². The molecule has 0 bridgehead atoms. The smallest absolute Gasteiger partial charge is 0.250 e. The van der Waals surface area contributed by atoms with Crippen LogP contribution >= 0.6 is 0 Å². The lowest BCUT2D eigenvalue weighted by molar-refractivity contribution is -0.113. The number of likely N-dealkylation sites (N-methyl/N-ethyl adjacent to an activating group) is 1. The first-order chi connectivity index (χ1) is 7.19. The van der Waals surface area contributed by atoms with Gasteiger partial charge in [-0.25, -0.2) is 0 Å². The standard InChI is InChI=1S/C12H12N2O/c1-3-4-12(15)14(2)11-7-5-10(9-13)6-8-11/h3-8H,1-2H3/b4-3+. The number of amides is 1. The maximum atomic E-state index is 11.5. The first-order valence-corrected chi connectivity index (χ1v) is 4.59. The van der Waals surface area contributed by atoms with Crippen LogP contribution in [0, 0.1) is 11.3 Å². The summed E-state index contributed by atoms with van der Waals surface area (Å²) < 4.78 is 0. The van der Waals surface area contributed by atoms with Gasteiger partial charge in [-0.05, 0) is 37.3 Å². The van der Waals surface area contributed by atoms with E-state index in [-0.39, 0.29) is 5.91 Å². The molecule has 0 aliphatic carbocycles. The van der Waals surface area contributed by atoms with Crippen LogP contribution in [0.4, 0.5) is 5.69 Å². The van der Waals surface area contributed by atoms with E-state index < -0.39 is 0 Å². The highest BCUT2D eigenvalue weighted by Crippen LogP contribution is 2.13. The summed E-state index contributed by atoms with van der Waals surface area (Å²) in [5.74, 6) is -0.0813. The summed E-state index contributed by atoms with van der Waals surface area (Å²) in [4.78, 5) is 13.0. The first-order valence-electron chi connectivity index (χ1n) is 4.59. The topological polar surface area (TPSA) is 44.1 Å². The van der Waals surface area contributed by atoms with Crippen molar-refractivity contribution in [3.63, 3.8) is 0 Å². The van der Waals surface area contributed by atoms with E-state index in [2.05, 4.69) is 0 Å². The summed E-state index contributed by atoms with van der Waals surface area (Å²) in [5, 5.41) is 8.62. The summed E-state index contributed by atoms with van der Waals surface area (Å²) in [5.41, 5.74) is 1.36. The van der Waals surface area contributed by atoms with Crippen LogP contribution in [0.5, 0.6) is 0 Å². The predicted octanol–water partition coefficient (Wildman–Crippen LogP) is 2.10. The fraction of sp³-hybridized carbons (Fsp3) is 0.167. The molecule has 0 aliphatic rings. The van der Waals surface area contributed by atoms with Crippen LogP contribution in [0.3, 0.4) is 0 Å². The summed E-state index contributed by atoms with van der Waals surface area (Å²) >= 11 is 0. The van der Waals surface area contributed by atoms with Crippen molar-refractivity contribution in [2.45, 2.75) is 6.92 Å². The number of hydrogen-bond donors (Lipinski definition) is 0. The number of hydrogen-bond acceptors (Lipinski definition) is 2. The Hall–Kier alpha value is -2.08. The minimum atomic E-state index is -0.0813. The average Bonchev–Trinajstić information content (AvgIpc) is 2.28. The Morgan fingerprint density at radius 1 is 1.40 bits per heavy atom. The average molecular weight is 200 g/mol.